The van der Waals surface area contributed by atoms with Crippen LogP contribution in [-0.2, 0) is 140 Å². The Labute approximate surface area is 538 Å². The number of nitrogens with zero attached hydrogens (tertiary/aromatic N) is 8. The summed E-state index contributed by atoms with van der Waals surface area (Å²) in [7, 11) is 13.0. The van der Waals surface area contributed by atoms with Gasteiger partial charge in [-0.2, -0.15) is 8.42 Å². The molecule has 6 bridgehead atoms. The van der Waals surface area contributed by atoms with Crippen molar-refractivity contribution in [1.82, 2.24) is 30.1 Å². The van der Waals surface area contributed by atoms with Gasteiger partial charge in [0.25, 0.3) is 10.1 Å². The van der Waals surface area contributed by atoms with E-state index in [0.717, 1.165) is 95.0 Å². The lowest BCUT2D eigenvalue weighted by atomic mass is 10.1. The highest BCUT2D eigenvalue weighted by molar-refractivity contribution is 14.1. The second-order valence-corrected chi connectivity index (χ2v) is 41.5. The number of piperazine rings is 3. The Kier molecular flexibility index (Phi) is 29.9. The van der Waals surface area contributed by atoms with Gasteiger partial charge in [-0.15, -0.1) is 18.8 Å². The second kappa shape index (κ2) is 35.3. The molecule has 3 aromatic rings. The van der Waals surface area contributed by atoms with Crippen LogP contribution in [0.25, 0.3) is 0 Å². The van der Waals surface area contributed by atoms with Crippen LogP contribution in [0, 0.1) is 19.5 Å². The molecule has 3 aromatic heterocycles. The van der Waals surface area contributed by atoms with E-state index in [0.29, 0.717) is 68.0 Å². The van der Waals surface area contributed by atoms with Crippen LogP contribution < -0.4 is 20.0 Å². The summed E-state index contributed by atoms with van der Waals surface area (Å²) in [5, 5.41) is 3.63. The first-order valence-corrected chi connectivity index (χ1v) is 44.4. The number of aromatic nitrogens is 3. The van der Waals surface area contributed by atoms with Gasteiger partial charge in [-0.1, -0.05) is 5.92 Å². The van der Waals surface area contributed by atoms with E-state index >= 15 is 0 Å². The summed E-state index contributed by atoms with van der Waals surface area (Å²) in [5.74, 6) is 5.97. The summed E-state index contributed by atoms with van der Waals surface area (Å²) in [6.45, 7) is 11.4. The molecule has 9 atom stereocenters. The van der Waals surface area contributed by atoms with Crippen molar-refractivity contribution >= 4 is 196 Å². The molecule has 438 valence electrons. The molecule has 0 amide bonds. The number of rotatable bonds is 7. The summed E-state index contributed by atoms with van der Waals surface area (Å²) in [4.78, 5) is 26.4. The maximum atomic E-state index is 10.5. The van der Waals surface area contributed by atoms with Crippen LogP contribution in [0.3, 0.4) is 0 Å². The van der Waals surface area contributed by atoms with E-state index in [2.05, 4.69) is 153 Å². The fraction of sp³-hybridized carbons (Fsp3) is 0.646. The van der Waals surface area contributed by atoms with Crippen molar-refractivity contribution < 1.29 is 26.8 Å². The van der Waals surface area contributed by atoms with Crippen LogP contribution in [-0.4, -0.2) is 173 Å². The topological polar surface area (TPSA) is 138 Å². The van der Waals surface area contributed by atoms with Gasteiger partial charge >= 0.3 is 0 Å². The van der Waals surface area contributed by atoms with Gasteiger partial charge in [-0.05, 0) is 133 Å². The van der Waals surface area contributed by atoms with Crippen LogP contribution in [0.15, 0.2) is 55.0 Å². The molecule has 9 aliphatic rings. The zero-order valence-corrected chi connectivity index (χ0v) is 59.1. The van der Waals surface area contributed by atoms with Gasteiger partial charge in [0.15, 0.2) is 0 Å². The number of fused-ring (bicyclic) bond motifs is 6. The minimum absolute atomic E-state index is 0. The molecule has 0 aliphatic carbocycles. The van der Waals surface area contributed by atoms with Crippen molar-refractivity contribution in [2.75, 3.05) is 99.9 Å². The van der Waals surface area contributed by atoms with Gasteiger partial charge in [0.2, 0.25) is 0 Å². The van der Waals surface area contributed by atoms with E-state index in [9.17, 15) is 8.42 Å². The smallest absolute Gasteiger partial charge is 0.264 e. The monoisotopic (exact) mass is 1570 g/mol. The molecule has 12 heterocycles. The molecular formula is C48H66ClI2N9O6S13. The first-order valence-electron chi connectivity index (χ1n) is 25.7. The number of ether oxygens (including phenoxy) is 3. The van der Waals surface area contributed by atoms with Crippen LogP contribution in [0.1, 0.15) is 63.4 Å². The molecular weight excluding hydrogens is 1500 g/mol. The predicted octanol–water partition coefficient (Wildman–Crippen LogP) is 5.40. The Balaban J connectivity index is 0.000000146. The van der Waals surface area contributed by atoms with E-state index < -0.39 is 10.1 Å². The molecule has 12 rings (SSSR count). The fourth-order valence-corrected chi connectivity index (χ4v) is 34.9. The molecule has 79 heavy (non-hydrogen) atoms. The molecule has 9 saturated heterocycles. The van der Waals surface area contributed by atoms with Crippen molar-refractivity contribution in [3.8, 4) is 12.3 Å². The highest BCUT2D eigenvalue weighted by Crippen LogP contribution is 2.37. The van der Waals surface area contributed by atoms with E-state index in [1.54, 1.807) is 77.2 Å². The SMILES string of the molecule is C#Cc1ccc(N2CC3CCC(C2)N3[C@@H]2CCOC2)nc1.CS(=O)(=O)O[C@H]1CCOC1.Cl.Ic1ccc(N2CC3CCC(C2)N3)nc1.Ic1ccc(N2CC3CCC(C2)N3[C@@H]2CCOC2)nc1.S=S=S=S=S=S=S=S=S=S=S=S. The molecule has 0 aromatic carbocycles. The quantitative estimate of drug-likeness (QED) is 0.183. The molecule has 0 saturated carbocycles. The van der Waals surface area contributed by atoms with Gasteiger partial charge < -0.3 is 34.2 Å². The van der Waals surface area contributed by atoms with Crippen molar-refractivity contribution in [2.24, 2.45) is 0 Å². The molecule has 1 N–H and O–H groups in total. The number of hydrogen-bond acceptors (Lipinski definition) is 17. The summed E-state index contributed by atoms with van der Waals surface area (Å²) in [6.07, 6.45) is 22.9. The Hall–Kier alpha value is 0.470. The average molecular weight is 1570 g/mol. The molecule has 15 nitrogen and oxygen atoms in total. The maximum absolute atomic E-state index is 10.5. The number of nitrogens with one attached hydrogen (secondary N) is 1. The molecule has 0 spiro atoms. The van der Waals surface area contributed by atoms with E-state index in [1.165, 1.54) is 76.3 Å². The highest BCUT2D eigenvalue weighted by Gasteiger charge is 2.46. The summed E-state index contributed by atoms with van der Waals surface area (Å²) < 4.78 is 44.2. The van der Waals surface area contributed by atoms with Gasteiger partial charge in [0.1, 0.15) is 23.6 Å². The standard InChI is InChI=1S/C17H21N3O.C15H20IN3O.C11H14IN3.C5H10O4S.ClH.S12/c1-2-13-3-6-17(18-9-13)19-10-14-4-5-15(11-19)20(14)16-7-8-21-12-16;16-11-1-4-15(17-7-11)18-8-12-2-3-13(9-18)19(12)14-5-6-20-10-14;12-8-1-4-11(13-5-8)15-6-9-2-3-10(7-15)14-9;1-10(6,7)9-5-2-3-8-4-5;;1-3-5-7-9-11-12-10-8-6-4-2/h1,3,6,9,14-16H,4-5,7-8,10-12H2;1,4,7,12-14H,2-3,5-6,8-10H2;1,4-5,9-10,14H,2-3,6-7H2;5H,2-4H2,1H3;1H;/t14?,15?,16-;12?,13?,14-;;5-;;/m11.0../s1. The van der Waals surface area contributed by atoms with Crippen LogP contribution in [0.5, 0.6) is 0 Å². The fourth-order valence-electron chi connectivity index (χ4n) is 11.6. The Morgan fingerprint density at radius 2 is 0.975 bits per heavy atom. The van der Waals surface area contributed by atoms with E-state index in [1.807, 2.05) is 18.5 Å². The lowest BCUT2D eigenvalue weighted by Crippen LogP contribution is -2.57. The number of halogens is 3. The maximum Gasteiger partial charge on any atom is 0.264 e. The normalized spacial score (nSPS) is 27.3. The molecule has 9 aliphatic heterocycles. The number of pyridine rings is 3. The highest BCUT2D eigenvalue weighted by atomic mass is 127. The first-order chi connectivity index (χ1) is 38.0. The van der Waals surface area contributed by atoms with Gasteiger partial charge in [0.05, 0.1) is 26.1 Å². The molecule has 0 radical (unpaired) electrons. The summed E-state index contributed by atoms with van der Waals surface area (Å²) in [6, 6.07) is 18.0. The predicted molar refractivity (Wildman–Crippen MR) is 369 cm³/mol. The average Bonchev–Trinajstić information content (AvgIpc) is 4.49. The lowest BCUT2D eigenvalue weighted by Gasteiger charge is -2.44. The minimum Gasteiger partial charge on any atom is -0.380 e. The van der Waals surface area contributed by atoms with Crippen LogP contribution in [0.4, 0.5) is 17.5 Å². The lowest BCUT2D eigenvalue weighted by molar-refractivity contribution is 0.0918. The van der Waals surface area contributed by atoms with Gasteiger partial charge in [-0.25, -0.2) is 15.0 Å². The second-order valence-electron chi connectivity index (χ2n) is 19.7. The van der Waals surface area contributed by atoms with Gasteiger partial charge in [-0.3, -0.25) is 14.0 Å². The van der Waals surface area contributed by atoms with E-state index in [-0.39, 0.29) is 18.5 Å². The zero-order chi connectivity index (χ0) is 54.7. The van der Waals surface area contributed by atoms with Crippen LogP contribution >= 0.6 is 57.6 Å². The molecule has 6 unspecified atom stereocenters. The summed E-state index contributed by atoms with van der Waals surface area (Å²) >= 11 is 14.0. The zero-order valence-electron chi connectivity index (χ0n) is 43.3. The summed E-state index contributed by atoms with van der Waals surface area (Å²) in [5.41, 5.74) is 0.850. The third-order valence-electron chi connectivity index (χ3n) is 14.7. The molecule has 31 heteroatoms. The van der Waals surface area contributed by atoms with Crippen molar-refractivity contribution in [1.29, 1.82) is 0 Å². The first kappa shape index (κ1) is 67.0. The van der Waals surface area contributed by atoms with Crippen molar-refractivity contribution in [3.05, 3.63) is 67.7 Å². The molecule has 9 fully saturated rings. The largest absolute Gasteiger partial charge is 0.380 e. The minimum atomic E-state index is -3.29. The van der Waals surface area contributed by atoms with Crippen LogP contribution in [0.2, 0.25) is 0 Å². The van der Waals surface area contributed by atoms with Gasteiger partial charge in [0, 0.05) is 256 Å². The Morgan fingerprint density at radius 1 is 0.570 bits per heavy atom. The third kappa shape index (κ3) is 21.4. The number of terminal acetylenes is 1. The number of hydrogen-bond donors (Lipinski definition) is 1. The van der Waals surface area contributed by atoms with E-state index in [4.69, 9.17) is 20.6 Å². The number of anilines is 3. The van der Waals surface area contributed by atoms with Crippen molar-refractivity contribution in [2.45, 2.75) is 112 Å². The third-order valence-corrected chi connectivity index (χ3v) is 36.6. The Bertz CT molecular complexity index is 2970. The Morgan fingerprint density at radius 3 is 1.32 bits per heavy atom. The van der Waals surface area contributed by atoms with Crippen molar-refractivity contribution in [3.63, 3.8) is 0 Å².